The minimum absolute atomic E-state index is 0.00273. The van der Waals surface area contributed by atoms with Gasteiger partial charge in [-0.2, -0.15) is 0 Å². The van der Waals surface area contributed by atoms with Crippen molar-refractivity contribution in [3.8, 4) is 11.8 Å². The molecule has 3 saturated heterocycles. The van der Waals surface area contributed by atoms with Gasteiger partial charge in [0.25, 0.3) is 5.91 Å². The van der Waals surface area contributed by atoms with Crippen molar-refractivity contribution in [2.45, 2.75) is 77.3 Å². The normalized spacial score (nSPS) is 26.9. The van der Waals surface area contributed by atoms with Crippen molar-refractivity contribution in [3.05, 3.63) is 60.7 Å². The lowest BCUT2D eigenvalue weighted by Crippen LogP contribution is -2.33. The Labute approximate surface area is 315 Å². The number of nitrogens with zero attached hydrogens (tertiary/aromatic N) is 8. The third-order valence-corrected chi connectivity index (χ3v) is 10.1. The Kier molecular flexibility index (Phi) is 9.65. The second-order valence-corrected chi connectivity index (χ2v) is 14.1. The van der Waals surface area contributed by atoms with Crippen LogP contribution in [0.1, 0.15) is 63.3 Å². The molecule has 18 nitrogen and oxygen atoms in total. The van der Waals surface area contributed by atoms with Crippen molar-refractivity contribution >= 4 is 45.8 Å². The number of imidazole rings is 2. The van der Waals surface area contributed by atoms with Crippen LogP contribution in [-0.4, -0.2) is 101 Å². The summed E-state index contributed by atoms with van der Waals surface area (Å²) < 4.78 is 40.4. The van der Waals surface area contributed by atoms with E-state index in [9.17, 15) is 9.59 Å². The van der Waals surface area contributed by atoms with Crippen LogP contribution in [0.15, 0.2) is 49.3 Å². The third-order valence-electron chi connectivity index (χ3n) is 10.1. The summed E-state index contributed by atoms with van der Waals surface area (Å²) in [6, 6.07) is 8.83. The number of benzene rings is 1. The molecule has 7 heterocycles. The first-order valence-corrected chi connectivity index (χ1v) is 17.9. The lowest BCUT2D eigenvalue weighted by molar-refractivity contribution is -0.201. The molecule has 5 aromatic rings. The standard InChI is InChI=1S/C37H40N10O8/c1-19-20(2)35(52-23(19)15-51-21(3)48)47-25(44-26-30(38)39-16-42-33(26)47)12-9-13-50-14-24-28-29(55-37(4,5)54-28)36(53-24)46-18-43-27-31(40-17-41-32(27)46)45-34(49)22-10-7-6-8-11-22/h6-8,10-11,16-20,23-24,28-29,35-36H,13-15H2,1-5H3,(H2,38,39,42)(H,40,41,45,49)/t19?,20-,23+,24+,28?,29-,35+,36+/m0/s1. The van der Waals surface area contributed by atoms with Crippen LogP contribution in [0.25, 0.3) is 22.3 Å². The van der Waals surface area contributed by atoms with Crippen LogP contribution in [0.2, 0.25) is 0 Å². The van der Waals surface area contributed by atoms with Crippen LogP contribution in [-0.2, 0) is 33.2 Å². The van der Waals surface area contributed by atoms with Crippen LogP contribution in [0.3, 0.4) is 0 Å². The predicted molar refractivity (Wildman–Crippen MR) is 194 cm³/mol. The van der Waals surface area contributed by atoms with Gasteiger partial charge in [0, 0.05) is 18.4 Å². The Balaban J connectivity index is 0.983. The first-order chi connectivity index (χ1) is 26.5. The van der Waals surface area contributed by atoms with E-state index in [1.54, 1.807) is 35.2 Å². The Morgan fingerprint density at radius 1 is 0.909 bits per heavy atom. The topological polar surface area (TPSA) is 215 Å². The van der Waals surface area contributed by atoms with E-state index in [0.29, 0.717) is 33.7 Å². The van der Waals surface area contributed by atoms with Gasteiger partial charge in [0.2, 0.25) is 0 Å². The van der Waals surface area contributed by atoms with Gasteiger partial charge in [0.05, 0.1) is 19.0 Å². The Hall–Kier alpha value is -5.58. The molecule has 0 saturated carbocycles. The van der Waals surface area contributed by atoms with E-state index in [1.165, 1.54) is 19.6 Å². The van der Waals surface area contributed by atoms with Gasteiger partial charge in [-0.15, -0.1) is 0 Å². The van der Waals surface area contributed by atoms with E-state index >= 15 is 0 Å². The maximum Gasteiger partial charge on any atom is 0.302 e. The molecular formula is C37H40N10O8. The highest BCUT2D eigenvalue weighted by Crippen LogP contribution is 2.44. The predicted octanol–water partition coefficient (Wildman–Crippen LogP) is 3.02. The number of anilines is 2. The number of amides is 1. The molecule has 0 bridgehead atoms. The van der Waals surface area contributed by atoms with E-state index in [-0.39, 0.29) is 61.3 Å². The lowest BCUT2D eigenvalue weighted by atomic mass is 9.93. The van der Waals surface area contributed by atoms with Gasteiger partial charge >= 0.3 is 5.97 Å². The zero-order chi connectivity index (χ0) is 38.4. The zero-order valence-electron chi connectivity index (χ0n) is 30.8. The van der Waals surface area contributed by atoms with Gasteiger partial charge in [-0.1, -0.05) is 38.0 Å². The van der Waals surface area contributed by atoms with Crippen molar-refractivity contribution < 1.29 is 38.0 Å². The van der Waals surface area contributed by atoms with Gasteiger partial charge in [-0.3, -0.25) is 18.7 Å². The molecule has 8 atom stereocenters. The number of fused-ring (bicyclic) bond motifs is 3. The fourth-order valence-electron chi connectivity index (χ4n) is 7.22. The zero-order valence-corrected chi connectivity index (χ0v) is 30.8. The number of hydrogen-bond acceptors (Lipinski definition) is 15. The first kappa shape index (κ1) is 36.4. The van der Waals surface area contributed by atoms with Crippen LogP contribution < -0.4 is 11.1 Å². The van der Waals surface area contributed by atoms with E-state index in [0.717, 1.165) is 0 Å². The average Bonchev–Trinajstić information content (AvgIpc) is 3.96. The lowest BCUT2D eigenvalue weighted by Gasteiger charge is -2.24. The molecule has 3 aliphatic heterocycles. The maximum atomic E-state index is 12.9. The number of aromatic nitrogens is 8. The fraction of sp³-hybridized carbons (Fsp3) is 0.459. The summed E-state index contributed by atoms with van der Waals surface area (Å²) in [5, 5.41) is 2.83. The Morgan fingerprint density at radius 3 is 2.45 bits per heavy atom. The molecule has 4 aromatic heterocycles. The van der Waals surface area contributed by atoms with Gasteiger partial charge in [-0.25, -0.2) is 29.9 Å². The minimum atomic E-state index is -0.881. The highest BCUT2D eigenvalue weighted by Gasteiger charge is 2.56. The molecule has 55 heavy (non-hydrogen) atoms. The van der Waals surface area contributed by atoms with Gasteiger partial charge in [-0.05, 0) is 37.8 Å². The number of carbonyl (C=O) groups excluding carboxylic acids is 2. The summed E-state index contributed by atoms with van der Waals surface area (Å²) in [5.74, 6) is 5.51. The van der Waals surface area contributed by atoms with Crippen molar-refractivity contribution in [2.24, 2.45) is 11.8 Å². The summed E-state index contributed by atoms with van der Waals surface area (Å²) in [6.45, 7) is 9.46. The molecule has 3 fully saturated rings. The molecule has 2 unspecified atom stereocenters. The fourth-order valence-corrected chi connectivity index (χ4v) is 7.22. The minimum Gasteiger partial charge on any atom is -0.463 e. The number of nitrogen functional groups attached to an aromatic ring is 1. The first-order valence-electron chi connectivity index (χ1n) is 17.9. The highest BCUT2D eigenvalue weighted by molar-refractivity contribution is 6.06. The van der Waals surface area contributed by atoms with Crippen LogP contribution in [0, 0.1) is 23.7 Å². The van der Waals surface area contributed by atoms with Gasteiger partial charge in [0.1, 0.15) is 50.4 Å². The summed E-state index contributed by atoms with van der Waals surface area (Å²) in [4.78, 5) is 50.9. The molecule has 3 N–H and O–H groups in total. The van der Waals surface area contributed by atoms with E-state index in [1.807, 2.05) is 31.4 Å². The summed E-state index contributed by atoms with van der Waals surface area (Å²) in [6.07, 6.45) is 1.30. The Bertz CT molecular complexity index is 2300. The number of carbonyl (C=O) groups is 2. The molecule has 0 radical (unpaired) electrons. The summed E-state index contributed by atoms with van der Waals surface area (Å²) >= 11 is 0. The van der Waals surface area contributed by atoms with Crippen molar-refractivity contribution in [1.29, 1.82) is 0 Å². The van der Waals surface area contributed by atoms with Crippen molar-refractivity contribution in [2.75, 3.05) is 30.9 Å². The van der Waals surface area contributed by atoms with Gasteiger partial charge in [0.15, 0.2) is 51.8 Å². The second-order valence-electron chi connectivity index (χ2n) is 14.1. The summed E-state index contributed by atoms with van der Waals surface area (Å²) in [5.41, 5.74) is 8.39. The molecule has 3 aliphatic rings. The molecule has 8 rings (SSSR count). The van der Waals surface area contributed by atoms with Gasteiger partial charge < -0.3 is 39.5 Å². The summed E-state index contributed by atoms with van der Waals surface area (Å²) in [7, 11) is 0. The molecule has 286 valence electrons. The third kappa shape index (κ3) is 6.96. The SMILES string of the molecule is CC(=O)OC[C@H]1O[C@@H](n2c(C#CCOC[C@H]3O[C@@H](n4cnc5c(NC(=O)c6ccccc6)ncnc54)[C@H]4OC(C)(C)OC34)nc3c(N)ncnc32)[C@@H](C)C1C. The van der Waals surface area contributed by atoms with Crippen molar-refractivity contribution in [3.63, 3.8) is 0 Å². The molecule has 18 heteroatoms. The number of ether oxygens (including phenoxy) is 6. The number of nitrogens with two attached hydrogens (primary N) is 1. The molecule has 1 amide bonds. The van der Waals surface area contributed by atoms with E-state index in [2.05, 4.69) is 54.0 Å². The largest absolute Gasteiger partial charge is 0.463 e. The molecule has 1 aromatic carbocycles. The smallest absolute Gasteiger partial charge is 0.302 e. The Morgan fingerprint density at radius 2 is 1.65 bits per heavy atom. The van der Waals surface area contributed by atoms with Crippen LogP contribution in [0.4, 0.5) is 11.6 Å². The van der Waals surface area contributed by atoms with Crippen LogP contribution >= 0.6 is 0 Å². The maximum absolute atomic E-state index is 12.9. The molecule has 0 aliphatic carbocycles. The van der Waals surface area contributed by atoms with E-state index < -0.39 is 36.6 Å². The second kappa shape index (κ2) is 14.6. The quantitative estimate of drug-likeness (QED) is 0.126. The van der Waals surface area contributed by atoms with Crippen LogP contribution in [0.5, 0.6) is 0 Å². The highest BCUT2D eigenvalue weighted by atomic mass is 16.8. The molecule has 0 spiro atoms. The number of hydrogen-bond donors (Lipinski definition) is 2. The van der Waals surface area contributed by atoms with E-state index in [4.69, 9.17) is 34.2 Å². The number of esters is 1. The monoisotopic (exact) mass is 752 g/mol. The van der Waals surface area contributed by atoms with Crippen molar-refractivity contribution in [1.82, 2.24) is 39.0 Å². The molecular weight excluding hydrogens is 712 g/mol. The average molecular weight is 753 g/mol. The number of nitrogens with one attached hydrogen (secondary N) is 1. The number of rotatable bonds is 9.